The Balaban J connectivity index is 2.36. The van der Waals surface area contributed by atoms with Gasteiger partial charge in [0.1, 0.15) is 7.05 Å². The van der Waals surface area contributed by atoms with Gasteiger partial charge in [0.05, 0.1) is 6.76 Å². The third-order valence-corrected chi connectivity index (χ3v) is 6.46. The zero-order valence-corrected chi connectivity index (χ0v) is 19.7. The van der Waals surface area contributed by atoms with E-state index in [9.17, 15) is 0 Å². The number of hydrogen-bond acceptors (Lipinski definition) is 0. The smallest absolute Gasteiger partial charge is 0.198 e. The first-order chi connectivity index (χ1) is 14.0. The molecule has 0 amide bonds. The minimum Gasteiger partial charge on any atom is -0.198 e. The summed E-state index contributed by atoms with van der Waals surface area (Å²) >= 11 is 0. The normalized spacial score (nSPS) is 12.7. The first-order valence-corrected chi connectivity index (χ1v) is 11.1. The van der Waals surface area contributed by atoms with E-state index in [-0.39, 0.29) is 0 Å². The predicted octanol–water partition coefficient (Wildman–Crippen LogP) is 7.47. The molecule has 1 heterocycles. The number of pyridine rings is 1. The number of nitrogens with zero attached hydrogens (tertiary/aromatic N) is 1. The van der Waals surface area contributed by atoms with Crippen LogP contribution in [0.25, 0.3) is 22.0 Å². The molecule has 3 rings (SSSR count). The Morgan fingerprint density at radius 1 is 0.828 bits per heavy atom. The maximum Gasteiger partial charge on any atom is 0.220 e. The molecule has 1 aromatic heterocycles. The second-order valence-electron chi connectivity index (χ2n) is 9.67. The summed E-state index contributed by atoms with van der Waals surface area (Å²) in [7, 11) is 2.10. The Labute approximate surface area is 179 Å². The molecule has 1 heteroatoms. The van der Waals surface area contributed by atoms with E-state index in [4.69, 9.17) is 1.37 Å². The number of fused-ring (bicyclic) bond motifs is 1. The summed E-state index contributed by atoms with van der Waals surface area (Å²) in [4.78, 5) is 0. The van der Waals surface area contributed by atoms with Crippen molar-refractivity contribution >= 4 is 10.8 Å². The second kappa shape index (κ2) is 8.30. The van der Waals surface area contributed by atoms with Crippen LogP contribution in [-0.2, 0) is 7.05 Å². The Morgan fingerprint density at radius 2 is 1.45 bits per heavy atom. The summed E-state index contributed by atoms with van der Waals surface area (Å²) in [6.07, 6.45) is 0. The molecular weight excluding hydrogens is 350 g/mol. The van der Waals surface area contributed by atoms with Crippen molar-refractivity contribution in [1.82, 2.24) is 0 Å². The fourth-order valence-corrected chi connectivity index (χ4v) is 4.83. The van der Waals surface area contributed by atoms with Crippen LogP contribution in [0.15, 0.2) is 42.4 Å². The highest BCUT2D eigenvalue weighted by molar-refractivity contribution is 5.94. The second-order valence-corrected chi connectivity index (χ2v) is 9.67. The third kappa shape index (κ3) is 4.10. The number of aryl methyl sites for hydroxylation is 1. The topological polar surface area (TPSA) is 3.88 Å². The van der Waals surface area contributed by atoms with Gasteiger partial charge in [0.2, 0.25) is 5.69 Å². The van der Waals surface area contributed by atoms with Crippen molar-refractivity contribution in [1.29, 1.82) is 0 Å². The van der Waals surface area contributed by atoms with E-state index in [2.05, 4.69) is 103 Å². The highest BCUT2D eigenvalue weighted by Gasteiger charge is 2.24. The van der Waals surface area contributed by atoms with Crippen molar-refractivity contribution in [3.05, 3.63) is 64.8 Å². The van der Waals surface area contributed by atoms with Gasteiger partial charge in [0.15, 0.2) is 5.69 Å². The minimum atomic E-state index is 0.488. The van der Waals surface area contributed by atoms with E-state index in [1.807, 2.05) is 0 Å². The number of aromatic nitrogens is 1. The number of benzene rings is 2. The van der Waals surface area contributed by atoms with Gasteiger partial charge in [-0.2, -0.15) is 4.57 Å². The van der Waals surface area contributed by atoms with Crippen molar-refractivity contribution in [2.75, 3.05) is 0 Å². The first kappa shape index (κ1) is 20.1. The number of rotatable bonds is 5. The lowest BCUT2D eigenvalue weighted by Gasteiger charge is -2.25. The van der Waals surface area contributed by atoms with E-state index in [0.717, 1.165) is 11.1 Å². The summed E-state index contributed by atoms with van der Waals surface area (Å²) in [5.41, 5.74) is 7.49. The maximum absolute atomic E-state index is 8.88. The molecule has 1 nitrogen and oxygen atoms in total. The van der Waals surface area contributed by atoms with Crippen molar-refractivity contribution < 1.29 is 5.94 Å². The molecule has 0 bridgehead atoms. The van der Waals surface area contributed by atoms with E-state index in [0.29, 0.717) is 29.7 Å². The standard InChI is InChI=1S/C28H38N/c1-17(2)22-11-10-20(7)26(16-22)28-25-13-12-23(27(18(3)4)19(5)6)15-24(25)14-21(8)29(28)9/h10-19,27H,1-9H3/q+1/i14D. The Bertz CT molecular complexity index is 1070. The van der Waals surface area contributed by atoms with Crippen LogP contribution in [0.5, 0.6) is 0 Å². The van der Waals surface area contributed by atoms with Crippen LogP contribution < -0.4 is 4.57 Å². The van der Waals surface area contributed by atoms with Crippen LogP contribution in [0.1, 0.15) is 77.1 Å². The SMILES string of the molecule is [2H]c1c(C)[n+](C)c(-c2cc(C(C)C)ccc2C)c2ccc(C(C(C)C)C(C)C)cc12. The van der Waals surface area contributed by atoms with Gasteiger partial charge in [0, 0.05) is 18.5 Å². The van der Waals surface area contributed by atoms with Crippen LogP contribution in [0.3, 0.4) is 0 Å². The Kier molecular flexibility index (Phi) is 5.76. The lowest BCUT2D eigenvalue weighted by Crippen LogP contribution is -2.35. The largest absolute Gasteiger partial charge is 0.220 e. The first-order valence-electron chi connectivity index (χ1n) is 11.6. The highest BCUT2D eigenvalue weighted by Crippen LogP contribution is 2.36. The van der Waals surface area contributed by atoms with Gasteiger partial charge in [0.25, 0.3) is 0 Å². The summed E-state index contributed by atoms with van der Waals surface area (Å²) in [6.45, 7) is 18.0. The molecule has 0 fully saturated rings. The quantitative estimate of drug-likeness (QED) is 0.398. The van der Waals surface area contributed by atoms with Gasteiger partial charge < -0.3 is 0 Å². The molecule has 29 heavy (non-hydrogen) atoms. The molecule has 0 spiro atoms. The average molecular weight is 390 g/mol. The van der Waals surface area contributed by atoms with Crippen LogP contribution >= 0.6 is 0 Å². The van der Waals surface area contributed by atoms with Gasteiger partial charge in [-0.1, -0.05) is 65.8 Å². The van der Waals surface area contributed by atoms with Crippen LogP contribution in [0.2, 0.25) is 0 Å². The van der Waals surface area contributed by atoms with Gasteiger partial charge >= 0.3 is 0 Å². The maximum atomic E-state index is 8.88. The predicted molar refractivity (Wildman–Crippen MR) is 127 cm³/mol. The lowest BCUT2D eigenvalue weighted by molar-refractivity contribution is -0.665. The summed E-state index contributed by atoms with van der Waals surface area (Å²) in [5.74, 6) is 2.13. The molecule has 0 N–H and O–H groups in total. The van der Waals surface area contributed by atoms with Crippen molar-refractivity contribution in [3.8, 4) is 11.3 Å². The van der Waals surface area contributed by atoms with E-state index < -0.39 is 0 Å². The Hall–Kier alpha value is -2.15. The van der Waals surface area contributed by atoms with Gasteiger partial charge in [-0.15, -0.1) is 0 Å². The van der Waals surface area contributed by atoms with Crippen LogP contribution in [-0.4, -0.2) is 0 Å². The zero-order valence-electron chi connectivity index (χ0n) is 20.7. The monoisotopic (exact) mass is 389 g/mol. The molecule has 0 unspecified atom stereocenters. The fourth-order valence-electron chi connectivity index (χ4n) is 4.83. The van der Waals surface area contributed by atoms with E-state index in [1.165, 1.54) is 33.3 Å². The van der Waals surface area contributed by atoms with Gasteiger partial charge in [-0.25, -0.2) is 0 Å². The molecule has 3 aromatic rings. The summed E-state index contributed by atoms with van der Waals surface area (Å²) in [6, 6.07) is 14.3. The minimum absolute atomic E-state index is 0.488. The van der Waals surface area contributed by atoms with Gasteiger partial charge in [-0.3, -0.25) is 0 Å². The summed E-state index contributed by atoms with van der Waals surface area (Å²) in [5, 5.41) is 2.24. The molecule has 0 aliphatic rings. The average Bonchev–Trinajstić information content (AvgIpc) is 2.67. The van der Waals surface area contributed by atoms with Crippen molar-refractivity contribution in [2.45, 2.75) is 67.2 Å². The molecule has 0 radical (unpaired) electrons. The lowest BCUT2D eigenvalue weighted by atomic mass is 9.79. The van der Waals surface area contributed by atoms with E-state index >= 15 is 0 Å². The van der Waals surface area contributed by atoms with Gasteiger partial charge in [-0.05, 0) is 64.8 Å². The molecule has 0 atom stereocenters. The highest BCUT2D eigenvalue weighted by atomic mass is 14.9. The molecule has 2 aromatic carbocycles. The van der Waals surface area contributed by atoms with Crippen molar-refractivity contribution in [3.63, 3.8) is 0 Å². The Morgan fingerprint density at radius 3 is 2.03 bits per heavy atom. The van der Waals surface area contributed by atoms with Crippen LogP contribution in [0.4, 0.5) is 0 Å². The third-order valence-electron chi connectivity index (χ3n) is 6.46. The summed E-state index contributed by atoms with van der Waals surface area (Å²) < 4.78 is 11.1. The molecular formula is C28H38N+. The molecule has 0 aliphatic heterocycles. The zero-order chi connectivity index (χ0) is 22.3. The van der Waals surface area contributed by atoms with E-state index in [1.54, 1.807) is 0 Å². The fraction of sp³-hybridized carbons (Fsp3) is 0.464. The molecule has 0 saturated carbocycles. The van der Waals surface area contributed by atoms with Crippen LogP contribution in [0, 0.1) is 25.7 Å². The van der Waals surface area contributed by atoms with Crippen molar-refractivity contribution in [2.24, 2.45) is 18.9 Å². The number of hydrogen-bond donors (Lipinski definition) is 0. The molecule has 154 valence electrons. The molecule has 0 saturated heterocycles. The molecule has 0 aliphatic carbocycles.